The van der Waals surface area contributed by atoms with Gasteiger partial charge < -0.3 is 74.6 Å². The molecule has 0 radical (unpaired) electrons. The minimum atomic E-state index is -1.81. The standard InChI is InChI=1S/C26H46N3O6PSi.C21H35N2O6PSi.C17H29NO5Si.C16H25NO5Si.C7H5NO4/c1-20(2)28(21(3)4)36(33-18-15-27-9)35-22(5)24-19-23(13-14-25(24)29(30)31)32-16-12-17-34-37(10,11)26(6,7)8;1-17(29-30(6)27-15-12-22-5)19-16-18(10-11-20(19)23(24)25)26-13-9-14-28-31(7,8)21(2,3)4;1-13(19)15-12-14(8-9-16(15)18(20)21)22-10-7-11-23-24(5,6)17(2,3)4;1-16(2,3)23(4,5)22-10-6-9-21-14-7-8-15(17(19)20)13(11-14)12-18;9-4-5-3-6(10)1-2-7(5)8(11)12/h13-14,19-22H,12,15-18H2,1-8,10-11H3;10-11,16-17H,9,12-15H2,1-4,6-8H3;8-9,12-13,19H,7,10-11H2,1-6H3;7-8,11-12H,6,9-10H2,1-5H3;1-4,10H. The summed E-state index contributed by atoms with van der Waals surface area (Å²) in [6, 6.07) is 21.6. The lowest BCUT2D eigenvalue weighted by atomic mass is 10.1. The van der Waals surface area contributed by atoms with Crippen LogP contribution < -0.4 is 18.9 Å². The SMILES string of the molecule is CC(C)(C)[Si](C)(C)OCCCOc1ccc([N+](=O)[O-])c(C=O)c1.CC(O)c1cc(OCCCO[Si](C)(C)C(C)(C)C)ccc1[N+](=O)[O-].O=Cc1cc(O)ccc1[N+](=O)[O-].[C-]#[N+]CCOP(C)OC(C)c1cc(OCCCO[Si](C)(C)C(C)(C)C)ccc1[N+](=O)[O-].[C-]#[N+]CCOP(OC(C)c1cc(OCCCO[Si](C)(C)C(C)(C)C)ccc1[N+](=O)[O-])N(C(C)C)C(C)C. The third-order valence-electron chi connectivity index (χ3n) is 21.6. The Kier molecular flexibility index (Phi) is 50.6. The molecule has 40 heteroatoms. The molecule has 0 amide bonds. The number of hydrogen-bond acceptors (Lipinski definition) is 27. The van der Waals surface area contributed by atoms with Crippen LogP contribution in [0.1, 0.15) is 213 Å². The van der Waals surface area contributed by atoms with E-state index in [1.54, 1.807) is 50.8 Å². The quantitative estimate of drug-likeness (QED) is 0.00695. The molecule has 5 aromatic rings. The maximum atomic E-state index is 11.8. The molecule has 0 bridgehead atoms. The molecule has 2 N–H and O–H groups in total. The van der Waals surface area contributed by atoms with E-state index in [9.17, 15) is 65.3 Å². The van der Waals surface area contributed by atoms with Crippen LogP contribution in [-0.2, 0) is 35.8 Å². The number of benzene rings is 5. The topological polar surface area (TPSA) is 413 Å². The number of aliphatic hydroxyl groups is 1. The zero-order valence-corrected chi connectivity index (χ0v) is 85.5. The normalized spacial score (nSPS) is 13.2. The van der Waals surface area contributed by atoms with Crippen LogP contribution in [0.25, 0.3) is 9.69 Å². The number of aromatic hydroxyl groups is 1. The summed E-state index contributed by atoms with van der Waals surface area (Å²) in [6.07, 6.45) is 1.63. The molecule has 5 rings (SSSR count). The van der Waals surface area contributed by atoms with Crippen molar-refractivity contribution in [3.8, 4) is 28.7 Å². The molecule has 710 valence electrons. The Labute approximate surface area is 757 Å². The highest BCUT2D eigenvalue weighted by molar-refractivity contribution is 7.46. The van der Waals surface area contributed by atoms with Crippen LogP contribution in [-0.4, -0.2) is 183 Å². The number of carbonyl (C=O) groups is 2. The van der Waals surface area contributed by atoms with Gasteiger partial charge in [0, 0.05) is 101 Å². The van der Waals surface area contributed by atoms with Crippen molar-refractivity contribution in [3.63, 3.8) is 0 Å². The fraction of sp³-hybridized carbons (Fsp3) is 0.609. The van der Waals surface area contributed by atoms with Gasteiger partial charge in [0.05, 0.1) is 97.2 Å². The number of aliphatic hydroxyl groups excluding tert-OH is 1. The number of rotatable bonds is 47. The second kappa shape index (κ2) is 55.0. The van der Waals surface area contributed by atoms with Crippen molar-refractivity contribution in [2.45, 2.75) is 260 Å². The van der Waals surface area contributed by atoms with Crippen molar-refractivity contribution in [2.75, 3.05) is 85.8 Å². The van der Waals surface area contributed by atoms with Gasteiger partial charge in [-0.05, 0) is 182 Å². The van der Waals surface area contributed by atoms with Crippen LogP contribution in [0, 0.1) is 63.7 Å². The average molecular weight is 1890 g/mol. The second-order valence-corrected chi connectivity index (χ2v) is 58.2. The molecule has 0 aliphatic rings. The van der Waals surface area contributed by atoms with Crippen molar-refractivity contribution < 1.29 is 99.2 Å². The predicted octanol–water partition coefficient (Wildman–Crippen LogP) is 23.8. The summed E-state index contributed by atoms with van der Waals surface area (Å²) in [5, 5.41) is 74.4. The lowest BCUT2D eigenvalue weighted by Gasteiger charge is -2.36. The maximum absolute atomic E-state index is 11.8. The Bertz CT molecular complexity index is 4370. The summed E-state index contributed by atoms with van der Waals surface area (Å²) in [7, 11) is -9.87. The number of aldehydes is 2. The highest BCUT2D eigenvalue weighted by atomic mass is 31.2. The fourth-order valence-corrected chi connectivity index (χ4v) is 17.2. The average Bonchev–Trinajstić information content (AvgIpc) is 0.825. The number of ether oxygens (including phenoxy) is 4. The molecule has 34 nitrogen and oxygen atoms in total. The minimum Gasteiger partial charge on any atom is -0.508 e. The van der Waals surface area contributed by atoms with E-state index in [1.165, 1.54) is 49.4 Å². The number of carbonyl (C=O) groups excluding carboxylic acids is 2. The van der Waals surface area contributed by atoms with Gasteiger partial charge in [0.1, 0.15) is 42.0 Å². The number of nitro groups is 5. The van der Waals surface area contributed by atoms with Gasteiger partial charge >= 0.3 is 0 Å². The van der Waals surface area contributed by atoms with Crippen LogP contribution in [0.4, 0.5) is 28.4 Å². The molecule has 0 heterocycles. The molecule has 0 saturated heterocycles. The van der Waals surface area contributed by atoms with E-state index in [1.807, 2.05) is 27.7 Å². The summed E-state index contributed by atoms with van der Waals surface area (Å²) >= 11 is 0. The van der Waals surface area contributed by atoms with Crippen molar-refractivity contribution in [3.05, 3.63) is 192 Å². The van der Waals surface area contributed by atoms with Gasteiger partial charge in [-0.15, -0.1) is 0 Å². The molecular formula is C87H140N8O26P2Si4. The summed E-state index contributed by atoms with van der Waals surface area (Å²) in [4.78, 5) is 80.4. The fourth-order valence-electron chi connectivity index (χ4n) is 10.2. The molecule has 0 aliphatic carbocycles. The van der Waals surface area contributed by atoms with E-state index in [0.29, 0.717) is 99.6 Å². The molecule has 5 unspecified atom stereocenters. The molecule has 0 saturated carbocycles. The smallest absolute Gasteiger partial charge is 0.280 e. The summed E-state index contributed by atoms with van der Waals surface area (Å²) in [5.74, 6) is 1.90. The van der Waals surface area contributed by atoms with Gasteiger partial charge in [0.2, 0.25) is 13.1 Å². The van der Waals surface area contributed by atoms with Crippen molar-refractivity contribution in [1.82, 2.24) is 4.67 Å². The summed E-state index contributed by atoms with van der Waals surface area (Å²) in [6.45, 7) is 78.2. The lowest BCUT2D eigenvalue weighted by molar-refractivity contribution is -0.386. The molecule has 127 heavy (non-hydrogen) atoms. The van der Waals surface area contributed by atoms with Gasteiger partial charge in [-0.2, -0.15) is 0 Å². The Morgan fingerprint density at radius 2 is 0.685 bits per heavy atom. The number of nitro benzene ring substituents is 5. The Hall–Kier alpha value is -8.25. The van der Waals surface area contributed by atoms with E-state index >= 15 is 0 Å². The first kappa shape index (κ1) is 117. The maximum Gasteiger partial charge on any atom is 0.280 e. The second-order valence-electron chi connectivity index (χ2n) is 36.2. The Balaban J connectivity index is 0.000000821. The number of nitrogens with zero attached hydrogens (tertiary/aromatic N) is 8. The van der Waals surface area contributed by atoms with Crippen LogP contribution >= 0.6 is 16.9 Å². The van der Waals surface area contributed by atoms with Crippen molar-refractivity contribution in [2.24, 2.45) is 0 Å². The molecule has 0 aliphatic heterocycles. The predicted molar refractivity (Wildman–Crippen MR) is 507 cm³/mol. The lowest BCUT2D eigenvalue weighted by Crippen LogP contribution is -2.41. The van der Waals surface area contributed by atoms with Gasteiger partial charge in [-0.1, -0.05) is 83.1 Å². The molecule has 0 fully saturated rings. The van der Waals surface area contributed by atoms with Gasteiger partial charge in [-0.3, -0.25) is 60.2 Å². The Morgan fingerprint density at radius 1 is 0.409 bits per heavy atom. The van der Waals surface area contributed by atoms with Crippen molar-refractivity contribution >= 4 is 91.2 Å². The van der Waals surface area contributed by atoms with Gasteiger partial charge in [-0.25, -0.2) is 17.8 Å². The molecule has 0 spiro atoms. The minimum absolute atomic E-state index is 0.0185. The van der Waals surface area contributed by atoms with Gasteiger partial charge in [0.25, 0.3) is 37.0 Å². The monoisotopic (exact) mass is 1890 g/mol. The van der Waals surface area contributed by atoms with E-state index in [4.69, 9.17) is 73.0 Å². The van der Waals surface area contributed by atoms with Crippen LogP contribution in [0.3, 0.4) is 0 Å². The zero-order chi connectivity index (χ0) is 97.4. The van der Waals surface area contributed by atoms with Crippen LogP contribution in [0.15, 0.2) is 91.0 Å². The first-order valence-corrected chi connectivity index (χ1v) is 56.4. The number of phenolic OH excluding ortho intramolecular Hbond substituents is 1. The number of hydrogen-bond donors (Lipinski definition) is 2. The first-order valence-electron chi connectivity index (χ1n) is 42.0. The summed E-state index contributed by atoms with van der Waals surface area (Å²) in [5.41, 5.74) is 0.343. The van der Waals surface area contributed by atoms with E-state index < -0.39 is 93.1 Å². The number of phenols is 1. The Morgan fingerprint density at radius 3 is 0.976 bits per heavy atom. The molecule has 5 aromatic carbocycles. The van der Waals surface area contributed by atoms with E-state index in [0.717, 1.165) is 43.9 Å². The van der Waals surface area contributed by atoms with E-state index in [-0.39, 0.29) is 109 Å². The van der Waals surface area contributed by atoms with E-state index in [2.05, 4.69) is 150 Å². The molecule has 0 aromatic heterocycles. The van der Waals surface area contributed by atoms with Crippen LogP contribution in [0.2, 0.25) is 72.5 Å². The molecule has 5 atom stereocenters. The first-order chi connectivity index (χ1) is 58.7. The highest BCUT2D eigenvalue weighted by Gasteiger charge is 2.41. The third-order valence-corrected chi connectivity index (χ3v) is 43.1. The van der Waals surface area contributed by atoms with Gasteiger partial charge in [0.15, 0.2) is 54.2 Å². The van der Waals surface area contributed by atoms with Crippen LogP contribution in [0.5, 0.6) is 28.7 Å². The van der Waals surface area contributed by atoms with Crippen molar-refractivity contribution in [1.29, 1.82) is 0 Å². The summed E-state index contributed by atoms with van der Waals surface area (Å²) < 4.78 is 73.0. The largest absolute Gasteiger partial charge is 0.508 e. The highest BCUT2D eigenvalue weighted by Crippen LogP contribution is 2.51. The zero-order valence-electron chi connectivity index (χ0n) is 79.7. The molecular weight excluding hydrogens is 1750 g/mol. The third kappa shape index (κ3) is 41.6.